The molecule has 0 unspecified atom stereocenters. The Labute approximate surface area is 155 Å². The van der Waals surface area contributed by atoms with Gasteiger partial charge in [-0.15, -0.1) is 11.3 Å². The Kier molecular flexibility index (Phi) is 5.63. The third-order valence-corrected chi connectivity index (χ3v) is 4.63. The molecule has 1 aromatic carbocycles. The smallest absolute Gasteiger partial charge is 0.257 e. The fourth-order valence-corrected chi connectivity index (χ4v) is 3.19. The number of anilines is 2. The Morgan fingerprint density at radius 3 is 2.76 bits per heavy atom. The Morgan fingerprint density at radius 1 is 1.20 bits per heavy atom. The molecule has 0 radical (unpaired) electrons. The number of carbonyl (C=O) groups excluding carboxylic acids is 1. The molecule has 25 heavy (non-hydrogen) atoms. The van der Waals surface area contributed by atoms with Gasteiger partial charge in [0.1, 0.15) is 5.82 Å². The van der Waals surface area contributed by atoms with Crippen molar-refractivity contribution in [1.29, 1.82) is 0 Å². The van der Waals surface area contributed by atoms with Gasteiger partial charge in [0.05, 0.1) is 10.6 Å². The molecule has 0 saturated carbocycles. The molecular formula is C18H17ClN4OS. The van der Waals surface area contributed by atoms with Gasteiger partial charge in [-0.1, -0.05) is 17.7 Å². The summed E-state index contributed by atoms with van der Waals surface area (Å²) < 4.78 is 0. The topological polar surface area (TPSA) is 66.9 Å². The van der Waals surface area contributed by atoms with Crippen molar-refractivity contribution >= 4 is 40.4 Å². The van der Waals surface area contributed by atoms with Crippen molar-refractivity contribution in [3.8, 4) is 0 Å². The number of aromatic nitrogens is 2. The Morgan fingerprint density at radius 2 is 2.08 bits per heavy atom. The molecule has 3 aromatic rings. The summed E-state index contributed by atoms with van der Waals surface area (Å²) in [6.45, 7) is 2.79. The van der Waals surface area contributed by atoms with Gasteiger partial charge >= 0.3 is 0 Å². The minimum atomic E-state index is -0.223. The molecule has 1 amide bonds. The number of amides is 1. The van der Waals surface area contributed by atoms with E-state index in [0.29, 0.717) is 16.3 Å². The lowest BCUT2D eigenvalue weighted by molar-refractivity contribution is 0.102. The van der Waals surface area contributed by atoms with Gasteiger partial charge in [-0.2, -0.15) is 0 Å². The molecule has 2 heterocycles. The second-order valence-corrected chi connectivity index (χ2v) is 7.19. The molecule has 2 N–H and O–H groups in total. The molecule has 7 heteroatoms. The highest BCUT2D eigenvalue weighted by Crippen LogP contribution is 2.16. The molecule has 0 aliphatic carbocycles. The summed E-state index contributed by atoms with van der Waals surface area (Å²) in [6.07, 6.45) is 4.28. The third kappa shape index (κ3) is 5.01. The first-order valence-electron chi connectivity index (χ1n) is 7.78. The van der Waals surface area contributed by atoms with E-state index in [1.165, 1.54) is 4.88 Å². The van der Waals surface area contributed by atoms with Gasteiger partial charge in [0.25, 0.3) is 5.91 Å². The van der Waals surface area contributed by atoms with Crippen LogP contribution in [-0.4, -0.2) is 22.4 Å². The molecule has 5 nitrogen and oxygen atoms in total. The standard InChI is InChI=1S/C18H17ClN4OS/c1-12-10-22-17(25-12)7-8-20-16-6-5-13(11-21-16)18(24)23-15-4-2-3-14(19)9-15/h2-6,9-11H,7-8H2,1H3,(H,20,21)(H,23,24). The molecule has 3 rings (SSSR count). The van der Waals surface area contributed by atoms with Crippen LogP contribution in [0.5, 0.6) is 0 Å². The van der Waals surface area contributed by atoms with E-state index in [4.69, 9.17) is 11.6 Å². The first-order valence-corrected chi connectivity index (χ1v) is 8.98. The van der Waals surface area contributed by atoms with E-state index in [0.717, 1.165) is 23.8 Å². The highest BCUT2D eigenvalue weighted by atomic mass is 35.5. The molecule has 0 atom stereocenters. The van der Waals surface area contributed by atoms with Crippen molar-refractivity contribution in [2.75, 3.05) is 17.2 Å². The maximum Gasteiger partial charge on any atom is 0.257 e. The fraction of sp³-hybridized carbons (Fsp3) is 0.167. The quantitative estimate of drug-likeness (QED) is 0.672. The van der Waals surface area contributed by atoms with Gasteiger partial charge in [0.15, 0.2) is 0 Å². The van der Waals surface area contributed by atoms with Gasteiger partial charge < -0.3 is 10.6 Å². The zero-order chi connectivity index (χ0) is 17.6. The van der Waals surface area contributed by atoms with Gasteiger partial charge in [-0.3, -0.25) is 4.79 Å². The van der Waals surface area contributed by atoms with Crippen molar-refractivity contribution in [2.24, 2.45) is 0 Å². The normalized spacial score (nSPS) is 10.5. The van der Waals surface area contributed by atoms with Crippen LogP contribution in [0, 0.1) is 6.92 Å². The van der Waals surface area contributed by atoms with Crippen LogP contribution in [0.25, 0.3) is 0 Å². The predicted octanol–water partition coefficient (Wildman–Crippen LogP) is 4.41. The number of aryl methyl sites for hydroxylation is 1. The van der Waals surface area contributed by atoms with E-state index >= 15 is 0 Å². The van der Waals surface area contributed by atoms with Crippen LogP contribution in [0.1, 0.15) is 20.2 Å². The van der Waals surface area contributed by atoms with Gasteiger partial charge in [0, 0.05) is 40.9 Å². The Balaban J connectivity index is 1.53. The minimum Gasteiger partial charge on any atom is -0.370 e. The lowest BCUT2D eigenvalue weighted by Gasteiger charge is -2.07. The number of hydrogen-bond donors (Lipinski definition) is 2. The first kappa shape index (κ1) is 17.4. The van der Waals surface area contributed by atoms with Crippen LogP contribution in [-0.2, 0) is 6.42 Å². The average molecular weight is 373 g/mol. The monoisotopic (exact) mass is 372 g/mol. The van der Waals surface area contributed by atoms with Crippen LogP contribution < -0.4 is 10.6 Å². The SMILES string of the molecule is Cc1cnc(CCNc2ccc(C(=O)Nc3cccc(Cl)c3)cn2)s1. The summed E-state index contributed by atoms with van der Waals surface area (Å²) >= 11 is 7.61. The summed E-state index contributed by atoms with van der Waals surface area (Å²) in [5.74, 6) is 0.507. The number of carbonyl (C=O) groups is 1. The van der Waals surface area contributed by atoms with Crippen LogP contribution in [0.2, 0.25) is 5.02 Å². The second kappa shape index (κ2) is 8.09. The molecular weight excluding hydrogens is 356 g/mol. The van der Waals surface area contributed by atoms with Crippen molar-refractivity contribution in [3.63, 3.8) is 0 Å². The minimum absolute atomic E-state index is 0.223. The van der Waals surface area contributed by atoms with E-state index in [1.807, 2.05) is 13.1 Å². The number of halogens is 1. The lowest BCUT2D eigenvalue weighted by Crippen LogP contribution is -2.13. The molecule has 0 aliphatic heterocycles. The number of rotatable bonds is 6. The van der Waals surface area contributed by atoms with Crippen LogP contribution in [0.4, 0.5) is 11.5 Å². The Bertz CT molecular complexity index is 864. The fourth-order valence-electron chi connectivity index (χ4n) is 2.22. The molecule has 0 spiro atoms. The highest BCUT2D eigenvalue weighted by Gasteiger charge is 2.07. The number of hydrogen-bond acceptors (Lipinski definition) is 5. The Hall–Kier alpha value is -2.44. The number of benzene rings is 1. The summed E-state index contributed by atoms with van der Waals surface area (Å²) in [7, 11) is 0. The highest BCUT2D eigenvalue weighted by molar-refractivity contribution is 7.11. The number of thiazole rings is 1. The van der Waals surface area contributed by atoms with Crippen molar-refractivity contribution < 1.29 is 4.79 Å². The zero-order valence-corrected chi connectivity index (χ0v) is 15.2. The van der Waals surface area contributed by atoms with E-state index in [-0.39, 0.29) is 5.91 Å². The maximum absolute atomic E-state index is 12.2. The first-order chi connectivity index (χ1) is 12.1. The molecule has 128 valence electrons. The second-order valence-electron chi connectivity index (χ2n) is 5.44. The van der Waals surface area contributed by atoms with Crippen molar-refractivity contribution in [3.05, 3.63) is 69.3 Å². The molecule has 0 aliphatic rings. The van der Waals surface area contributed by atoms with Crippen LogP contribution >= 0.6 is 22.9 Å². The number of nitrogens with zero attached hydrogens (tertiary/aromatic N) is 2. The van der Waals surface area contributed by atoms with Crippen molar-refractivity contribution in [1.82, 2.24) is 9.97 Å². The van der Waals surface area contributed by atoms with E-state index in [1.54, 1.807) is 53.9 Å². The van der Waals surface area contributed by atoms with Crippen LogP contribution in [0.3, 0.4) is 0 Å². The molecule has 0 fully saturated rings. The summed E-state index contributed by atoms with van der Waals surface area (Å²) in [4.78, 5) is 22.0. The molecule has 0 bridgehead atoms. The van der Waals surface area contributed by atoms with Crippen molar-refractivity contribution in [2.45, 2.75) is 13.3 Å². The lowest BCUT2D eigenvalue weighted by atomic mass is 10.2. The predicted molar refractivity (Wildman–Crippen MR) is 103 cm³/mol. The zero-order valence-electron chi connectivity index (χ0n) is 13.6. The van der Waals surface area contributed by atoms with Gasteiger partial charge in [0.2, 0.25) is 0 Å². The third-order valence-electron chi connectivity index (χ3n) is 3.42. The van der Waals surface area contributed by atoms with E-state index in [9.17, 15) is 4.79 Å². The van der Waals surface area contributed by atoms with E-state index in [2.05, 4.69) is 20.6 Å². The summed E-state index contributed by atoms with van der Waals surface area (Å²) in [5, 5.41) is 7.70. The van der Waals surface area contributed by atoms with Gasteiger partial charge in [-0.05, 0) is 37.3 Å². The number of pyridine rings is 1. The summed E-state index contributed by atoms with van der Waals surface area (Å²) in [5.41, 5.74) is 1.14. The molecule has 0 saturated heterocycles. The molecule has 2 aromatic heterocycles. The largest absolute Gasteiger partial charge is 0.370 e. The van der Waals surface area contributed by atoms with E-state index < -0.39 is 0 Å². The number of nitrogens with one attached hydrogen (secondary N) is 2. The maximum atomic E-state index is 12.2. The van der Waals surface area contributed by atoms with Crippen LogP contribution in [0.15, 0.2) is 48.8 Å². The summed E-state index contributed by atoms with van der Waals surface area (Å²) in [6, 6.07) is 10.6. The van der Waals surface area contributed by atoms with Gasteiger partial charge in [-0.25, -0.2) is 9.97 Å². The average Bonchev–Trinajstić information content (AvgIpc) is 3.01.